The maximum Gasteiger partial charge on any atom is 0.248 e. The molecule has 0 atom stereocenters. The molecule has 0 amide bonds. The molecule has 0 aliphatic rings. The van der Waals surface area contributed by atoms with E-state index in [0.717, 1.165) is 4.31 Å². The van der Waals surface area contributed by atoms with Crippen molar-refractivity contribution < 1.29 is 12.8 Å². The molecule has 6 nitrogen and oxygen atoms in total. The van der Waals surface area contributed by atoms with Gasteiger partial charge in [0.25, 0.3) is 0 Å². The lowest BCUT2D eigenvalue weighted by atomic mass is 10.2. The van der Waals surface area contributed by atoms with Crippen LogP contribution in [0, 0.1) is 5.82 Å². The van der Waals surface area contributed by atoms with Crippen molar-refractivity contribution in [1.82, 2.24) is 14.1 Å². The van der Waals surface area contributed by atoms with E-state index in [1.165, 1.54) is 30.1 Å². The fraction of sp³-hybridized carbons (Fsp3) is 0.250. The third-order valence-electron chi connectivity index (χ3n) is 2.86. The second-order valence-corrected chi connectivity index (χ2v) is 6.42. The van der Waals surface area contributed by atoms with E-state index in [0.29, 0.717) is 5.56 Å². The molecule has 2 N–H and O–H groups in total. The van der Waals surface area contributed by atoms with Crippen molar-refractivity contribution >= 4 is 15.8 Å². The first-order chi connectivity index (χ1) is 9.32. The predicted molar refractivity (Wildman–Crippen MR) is 72.7 cm³/mol. The number of aromatic nitrogens is 2. The van der Waals surface area contributed by atoms with Gasteiger partial charge in [0.2, 0.25) is 10.0 Å². The summed E-state index contributed by atoms with van der Waals surface area (Å²) in [5.74, 6) is -0.526. The number of hydrogen-bond acceptors (Lipinski definition) is 4. The summed E-state index contributed by atoms with van der Waals surface area (Å²) < 4.78 is 40.6. The maximum absolute atomic E-state index is 13.6. The number of anilines is 1. The highest BCUT2D eigenvalue weighted by Gasteiger charge is 2.26. The number of rotatable bonds is 4. The summed E-state index contributed by atoms with van der Waals surface area (Å²) in [6.45, 7) is -0.0800. The van der Waals surface area contributed by atoms with Crippen LogP contribution in [0.15, 0.2) is 35.4 Å². The van der Waals surface area contributed by atoms with Crippen LogP contribution in [0.4, 0.5) is 10.2 Å². The molecule has 0 aliphatic heterocycles. The first-order valence-electron chi connectivity index (χ1n) is 5.81. The Morgan fingerprint density at radius 1 is 1.40 bits per heavy atom. The fourth-order valence-corrected chi connectivity index (χ4v) is 3.04. The highest BCUT2D eigenvalue weighted by atomic mass is 32.2. The van der Waals surface area contributed by atoms with Gasteiger partial charge in [-0.2, -0.15) is 9.40 Å². The van der Waals surface area contributed by atoms with E-state index in [4.69, 9.17) is 5.73 Å². The van der Waals surface area contributed by atoms with Gasteiger partial charge in [0.05, 0.1) is 0 Å². The summed E-state index contributed by atoms with van der Waals surface area (Å²) in [4.78, 5) is -0.0844. The standard InChI is InChI=1S/C12H15FN4O2S/c1-16-8-11(12(14)15-16)20(18,19)17(2)7-9-5-3-4-6-10(9)13/h3-6,8H,7H2,1-2H3,(H2,14,15). The Labute approximate surface area is 116 Å². The van der Waals surface area contributed by atoms with Crippen molar-refractivity contribution in [1.29, 1.82) is 0 Å². The second kappa shape index (κ2) is 5.22. The predicted octanol–water partition coefficient (Wildman–Crippen LogP) is 0.962. The number of sulfonamides is 1. The van der Waals surface area contributed by atoms with Gasteiger partial charge in [-0.05, 0) is 6.07 Å². The lowest BCUT2D eigenvalue weighted by Gasteiger charge is -2.16. The minimum absolute atomic E-state index is 0.0760. The van der Waals surface area contributed by atoms with Crippen molar-refractivity contribution in [3.05, 3.63) is 41.8 Å². The van der Waals surface area contributed by atoms with Gasteiger partial charge in [0, 0.05) is 32.4 Å². The zero-order chi connectivity index (χ0) is 14.9. The normalized spacial score (nSPS) is 12.0. The monoisotopic (exact) mass is 298 g/mol. The summed E-state index contributed by atoms with van der Waals surface area (Å²) in [5, 5.41) is 3.80. The third kappa shape index (κ3) is 2.66. The van der Waals surface area contributed by atoms with Crippen LogP contribution in [0.3, 0.4) is 0 Å². The molecule has 8 heteroatoms. The molecule has 1 aromatic heterocycles. The summed E-state index contributed by atoms with van der Waals surface area (Å²) in [6, 6.07) is 6.02. The van der Waals surface area contributed by atoms with E-state index in [2.05, 4.69) is 5.10 Å². The second-order valence-electron chi connectivity index (χ2n) is 4.40. The minimum atomic E-state index is -3.81. The molecule has 1 heterocycles. The number of benzene rings is 1. The highest BCUT2D eigenvalue weighted by molar-refractivity contribution is 7.89. The number of halogens is 1. The molecule has 0 spiro atoms. The Morgan fingerprint density at radius 3 is 2.60 bits per heavy atom. The quantitative estimate of drug-likeness (QED) is 0.911. The van der Waals surface area contributed by atoms with Crippen LogP contribution in [0.5, 0.6) is 0 Å². The van der Waals surface area contributed by atoms with Gasteiger partial charge < -0.3 is 5.73 Å². The van der Waals surface area contributed by atoms with E-state index < -0.39 is 15.8 Å². The van der Waals surface area contributed by atoms with Crippen LogP contribution in [0.2, 0.25) is 0 Å². The maximum atomic E-state index is 13.6. The molecule has 0 radical (unpaired) electrons. The molecular weight excluding hydrogens is 283 g/mol. The number of hydrogen-bond donors (Lipinski definition) is 1. The number of nitrogens with zero attached hydrogens (tertiary/aromatic N) is 3. The Balaban J connectivity index is 2.31. The Kier molecular flexibility index (Phi) is 3.78. The first kappa shape index (κ1) is 14.5. The molecular formula is C12H15FN4O2S. The van der Waals surface area contributed by atoms with E-state index in [1.54, 1.807) is 19.2 Å². The molecule has 2 rings (SSSR count). The average Bonchev–Trinajstić information content (AvgIpc) is 2.72. The van der Waals surface area contributed by atoms with Gasteiger partial charge in [0.1, 0.15) is 10.7 Å². The van der Waals surface area contributed by atoms with Crippen LogP contribution >= 0.6 is 0 Å². The van der Waals surface area contributed by atoms with E-state index >= 15 is 0 Å². The molecule has 0 saturated carbocycles. The van der Waals surface area contributed by atoms with E-state index in [1.807, 2.05) is 0 Å². The SMILES string of the molecule is CN(Cc1ccccc1F)S(=O)(=O)c1cn(C)nc1N. The Bertz CT molecular complexity index is 727. The summed E-state index contributed by atoms with van der Waals surface area (Å²) >= 11 is 0. The van der Waals surface area contributed by atoms with Gasteiger partial charge in [-0.15, -0.1) is 0 Å². The molecule has 0 bridgehead atoms. The molecule has 0 aliphatic carbocycles. The lowest BCUT2D eigenvalue weighted by Crippen LogP contribution is -2.27. The van der Waals surface area contributed by atoms with Crippen LogP contribution in [0.1, 0.15) is 5.56 Å². The number of nitrogens with two attached hydrogens (primary N) is 1. The zero-order valence-corrected chi connectivity index (χ0v) is 11.9. The molecule has 2 aromatic rings. The van der Waals surface area contributed by atoms with E-state index in [9.17, 15) is 12.8 Å². The average molecular weight is 298 g/mol. The van der Waals surface area contributed by atoms with Gasteiger partial charge in [0.15, 0.2) is 5.82 Å². The summed E-state index contributed by atoms with van der Waals surface area (Å²) in [5.41, 5.74) is 5.87. The highest BCUT2D eigenvalue weighted by Crippen LogP contribution is 2.21. The van der Waals surface area contributed by atoms with Gasteiger partial charge in [-0.25, -0.2) is 12.8 Å². The van der Waals surface area contributed by atoms with E-state index in [-0.39, 0.29) is 17.3 Å². The fourth-order valence-electron chi connectivity index (χ4n) is 1.80. The van der Waals surface area contributed by atoms with Crippen LogP contribution in [-0.2, 0) is 23.6 Å². The van der Waals surface area contributed by atoms with Gasteiger partial charge >= 0.3 is 0 Å². The van der Waals surface area contributed by atoms with Crippen LogP contribution in [0.25, 0.3) is 0 Å². The summed E-state index contributed by atoms with van der Waals surface area (Å²) in [7, 11) is -0.861. The molecule has 0 unspecified atom stereocenters. The van der Waals surface area contributed by atoms with Crippen molar-refractivity contribution in [3.8, 4) is 0 Å². The van der Waals surface area contributed by atoms with Gasteiger partial charge in [-0.3, -0.25) is 4.68 Å². The largest absolute Gasteiger partial charge is 0.381 e. The first-order valence-corrected chi connectivity index (χ1v) is 7.25. The topological polar surface area (TPSA) is 81.2 Å². The number of aryl methyl sites for hydroxylation is 1. The minimum Gasteiger partial charge on any atom is -0.381 e. The molecule has 0 fully saturated rings. The smallest absolute Gasteiger partial charge is 0.248 e. The van der Waals surface area contributed by atoms with Gasteiger partial charge in [-0.1, -0.05) is 18.2 Å². The molecule has 1 aromatic carbocycles. The zero-order valence-electron chi connectivity index (χ0n) is 11.1. The number of nitrogen functional groups attached to an aromatic ring is 1. The Morgan fingerprint density at radius 2 is 2.05 bits per heavy atom. The van der Waals surface area contributed by atoms with Crippen LogP contribution < -0.4 is 5.73 Å². The molecule has 20 heavy (non-hydrogen) atoms. The summed E-state index contributed by atoms with van der Waals surface area (Å²) in [6.07, 6.45) is 1.32. The Hall–Kier alpha value is -1.93. The van der Waals surface area contributed by atoms with Crippen molar-refractivity contribution in [2.45, 2.75) is 11.4 Å². The molecule has 0 saturated heterocycles. The van der Waals surface area contributed by atoms with Crippen molar-refractivity contribution in [3.63, 3.8) is 0 Å². The molecule has 108 valence electrons. The van der Waals surface area contributed by atoms with Crippen LogP contribution in [-0.4, -0.2) is 29.6 Å². The lowest BCUT2D eigenvalue weighted by molar-refractivity contribution is 0.456. The third-order valence-corrected chi connectivity index (χ3v) is 4.68. The van der Waals surface area contributed by atoms with Crippen molar-refractivity contribution in [2.75, 3.05) is 12.8 Å². The van der Waals surface area contributed by atoms with Crippen molar-refractivity contribution in [2.24, 2.45) is 7.05 Å².